The van der Waals surface area contributed by atoms with Crippen molar-refractivity contribution < 1.29 is 19.5 Å². The van der Waals surface area contributed by atoms with Crippen LogP contribution >= 0.6 is 17.0 Å². The Kier molecular flexibility index (Phi) is 17.7. The van der Waals surface area contributed by atoms with E-state index in [0.29, 0.717) is 0 Å². The third-order valence-corrected chi connectivity index (χ3v) is 0.843. The largest absolute Gasteiger partial charge is 2.00 e. The van der Waals surface area contributed by atoms with Crippen molar-refractivity contribution in [3.63, 3.8) is 0 Å². The Labute approximate surface area is 106 Å². The van der Waals surface area contributed by atoms with Gasteiger partial charge in [-0.25, -0.2) is 0 Å². The minimum atomic E-state index is 0. The SMILES string of the molecule is Br.C[C-](C)C.[CH2-]c1ccccc1.[Zn+2]. The molecule has 0 fully saturated rings. The van der Waals surface area contributed by atoms with Crippen LogP contribution in [0.1, 0.15) is 26.3 Å². The summed E-state index contributed by atoms with van der Waals surface area (Å²) in [5, 5.41) is 0. The van der Waals surface area contributed by atoms with E-state index in [9.17, 15) is 0 Å². The summed E-state index contributed by atoms with van der Waals surface area (Å²) in [7, 11) is 0. The van der Waals surface area contributed by atoms with Crippen LogP contribution in [0.4, 0.5) is 0 Å². The zero-order chi connectivity index (χ0) is 8.69. The van der Waals surface area contributed by atoms with Crippen LogP contribution in [0.3, 0.4) is 0 Å². The Morgan fingerprint density at radius 3 is 1.46 bits per heavy atom. The van der Waals surface area contributed by atoms with Crippen molar-refractivity contribution in [3.8, 4) is 0 Å². The van der Waals surface area contributed by atoms with Crippen molar-refractivity contribution in [1.82, 2.24) is 0 Å². The van der Waals surface area contributed by atoms with Gasteiger partial charge in [0, 0.05) is 0 Å². The van der Waals surface area contributed by atoms with Crippen molar-refractivity contribution in [2.75, 3.05) is 0 Å². The molecule has 0 atom stereocenters. The molecule has 0 aliphatic carbocycles. The molecule has 0 radical (unpaired) electrons. The van der Waals surface area contributed by atoms with Crippen molar-refractivity contribution in [2.45, 2.75) is 20.8 Å². The molecule has 0 aliphatic heterocycles. The molecule has 0 heterocycles. The van der Waals surface area contributed by atoms with Crippen molar-refractivity contribution >= 4 is 17.0 Å². The number of hydrogen-bond donors (Lipinski definition) is 0. The first-order valence-electron chi connectivity index (χ1n) is 3.76. The third-order valence-electron chi connectivity index (χ3n) is 0.843. The van der Waals surface area contributed by atoms with Gasteiger partial charge in [0.05, 0.1) is 0 Å². The maximum Gasteiger partial charge on any atom is 2.00 e. The fourth-order valence-electron chi connectivity index (χ4n) is 0.478. The molecule has 0 aliphatic rings. The molecule has 2 heteroatoms. The van der Waals surface area contributed by atoms with Gasteiger partial charge in [-0.15, -0.1) is 29.1 Å². The molecule has 13 heavy (non-hydrogen) atoms. The summed E-state index contributed by atoms with van der Waals surface area (Å²) in [6.07, 6.45) is 0. The van der Waals surface area contributed by atoms with E-state index in [2.05, 4.69) is 27.7 Å². The molecule has 0 aromatic heterocycles. The Hall–Kier alpha value is 0.193. The van der Waals surface area contributed by atoms with E-state index in [1.165, 1.54) is 5.92 Å². The van der Waals surface area contributed by atoms with Gasteiger partial charge in [-0.1, -0.05) is 6.07 Å². The monoisotopic (exact) mass is 292 g/mol. The molecule has 0 spiro atoms. The molecule has 70 valence electrons. The summed E-state index contributed by atoms with van der Waals surface area (Å²) in [5.74, 6) is 1.42. The number of benzene rings is 1. The standard InChI is InChI=1S/C7H7.C4H9.BrH.Zn/c1-7-5-3-2-4-6-7;1-4(2)3;;/h2-6H,1H2;1-3H3;1H;/q2*-1;;+2. The fourth-order valence-corrected chi connectivity index (χ4v) is 0.478. The quantitative estimate of drug-likeness (QED) is 0.500. The second-order valence-electron chi connectivity index (χ2n) is 2.99. The van der Waals surface area contributed by atoms with E-state index >= 15 is 0 Å². The second-order valence-corrected chi connectivity index (χ2v) is 2.99. The van der Waals surface area contributed by atoms with Gasteiger partial charge in [0.15, 0.2) is 0 Å². The number of halogens is 1. The van der Waals surface area contributed by atoms with Crippen LogP contribution in [-0.2, 0) is 19.5 Å². The molecule has 1 aromatic carbocycles. The topological polar surface area (TPSA) is 0 Å². The zero-order valence-electron chi connectivity index (χ0n) is 8.71. The molecule has 0 bridgehead atoms. The molecule has 0 saturated carbocycles. The normalized spacial score (nSPS) is 7.38. The minimum absolute atomic E-state index is 0. The van der Waals surface area contributed by atoms with E-state index in [1.807, 2.05) is 30.3 Å². The van der Waals surface area contributed by atoms with Gasteiger partial charge in [0.2, 0.25) is 0 Å². The summed E-state index contributed by atoms with van der Waals surface area (Å²) < 4.78 is 0. The van der Waals surface area contributed by atoms with E-state index < -0.39 is 0 Å². The predicted molar refractivity (Wildman–Crippen MR) is 61.5 cm³/mol. The van der Waals surface area contributed by atoms with Crippen LogP contribution in [0.2, 0.25) is 0 Å². The molecule has 0 saturated heterocycles. The average Bonchev–Trinajstić information content (AvgIpc) is 1.87. The van der Waals surface area contributed by atoms with Crippen LogP contribution in [0.15, 0.2) is 30.3 Å². The average molecular weight is 295 g/mol. The predicted octanol–water partition coefficient (Wildman–Crippen LogP) is 4.06. The van der Waals surface area contributed by atoms with Gasteiger partial charge in [-0.3, -0.25) is 0 Å². The molecule has 1 aromatic rings. The minimum Gasteiger partial charge on any atom is -0.323 e. The summed E-state index contributed by atoms with van der Waals surface area (Å²) >= 11 is 0. The van der Waals surface area contributed by atoms with Gasteiger partial charge in [-0.2, -0.15) is 45.4 Å². The first-order chi connectivity index (χ1) is 5.13. The zero-order valence-corrected chi connectivity index (χ0v) is 13.4. The summed E-state index contributed by atoms with van der Waals surface area (Å²) in [4.78, 5) is 0. The molecule has 0 nitrogen and oxygen atoms in total. The van der Waals surface area contributed by atoms with E-state index in [1.54, 1.807) is 0 Å². The van der Waals surface area contributed by atoms with Crippen LogP contribution in [0.25, 0.3) is 0 Å². The maximum absolute atomic E-state index is 3.72. The third kappa shape index (κ3) is 18.9. The Balaban J connectivity index is -0.000000150. The van der Waals surface area contributed by atoms with Crippen molar-refractivity contribution in [1.29, 1.82) is 0 Å². The van der Waals surface area contributed by atoms with Crippen molar-refractivity contribution in [3.05, 3.63) is 48.7 Å². The molecule has 1 rings (SSSR count). The van der Waals surface area contributed by atoms with E-state index in [-0.39, 0.29) is 36.5 Å². The van der Waals surface area contributed by atoms with Gasteiger partial charge in [0.1, 0.15) is 0 Å². The summed E-state index contributed by atoms with van der Waals surface area (Å²) in [6.45, 7) is 9.97. The maximum atomic E-state index is 3.72. The van der Waals surface area contributed by atoms with Crippen LogP contribution in [0, 0.1) is 12.8 Å². The number of rotatable bonds is 0. The number of hydrogen-bond acceptors (Lipinski definition) is 0. The fraction of sp³-hybridized carbons (Fsp3) is 0.273. The summed E-state index contributed by atoms with van der Waals surface area (Å²) in [5.41, 5.74) is 1.07. The molecule has 0 N–H and O–H groups in total. The van der Waals surface area contributed by atoms with Gasteiger partial charge < -0.3 is 5.92 Å². The molecule has 0 amide bonds. The van der Waals surface area contributed by atoms with Gasteiger partial charge in [0.25, 0.3) is 0 Å². The van der Waals surface area contributed by atoms with E-state index in [0.717, 1.165) is 5.56 Å². The Bertz CT molecular complexity index is 170. The summed E-state index contributed by atoms with van der Waals surface area (Å²) in [6, 6.07) is 9.87. The Morgan fingerprint density at radius 2 is 1.31 bits per heavy atom. The first kappa shape index (κ1) is 18.9. The van der Waals surface area contributed by atoms with Gasteiger partial charge >= 0.3 is 19.5 Å². The molecular formula is C11H17BrZn. The second kappa shape index (κ2) is 12.2. The van der Waals surface area contributed by atoms with Gasteiger partial charge in [-0.05, 0) is 0 Å². The van der Waals surface area contributed by atoms with Crippen LogP contribution in [-0.4, -0.2) is 0 Å². The molecular weight excluding hydrogens is 277 g/mol. The first-order valence-corrected chi connectivity index (χ1v) is 3.76. The Morgan fingerprint density at radius 1 is 1.00 bits per heavy atom. The van der Waals surface area contributed by atoms with Crippen molar-refractivity contribution in [2.24, 2.45) is 0 Å². The van der Waals surface area contributed by atoms with E-state index in [4.69, 9.17) is 0 Å². The molecule has 0 unspecified atom stereocenters. The van der Waals surface area contributed by atoms with Crippen LogP contribution in [0.5, 0.6) is 0 Å². The van der Waals surface area contributed by atoms with Crippen LogP contribution < -0.4 is 0 Å². The smallest absolute Gasteiger partial charge is 0.323 e.